The number of Topliss-reactive ketones (excluding diaryl/α,β-unsaturated/α-hetero) is 1. The molecule has 3 aromatic carbocycles. The van der Waals surface area contributed by atoms with E-state index in [0.29, 0.717) is 38.7 Å². The number of aliphatic hydroxyl groups is 1. The van der Waals surface area contributed by atoms with E-state index in [9.17, 15) is 19.5 Å². The Kier molecular flexibility index (Phi) is 6.19. The third-order valence-electron chi connectivity index (χ3n) is 6.05. The fourth-order valence-electron chi connectivity index (χ4n) is 4.37. The third-order valence-corrected chi connectivity index (χ3v) is 6.29. The van der Waals surface area contributed by atoms with E-state index < -0.39 is 23.5 Å². The second kappa shape index (κ2) is 9.48. The number of nitrogens with zero attached hydrogens (tertiary/aromatic N) is 1. The number of benzene rings is 3. The van der Waals surface area contributed by atoms with Crippen molar-refractivity contribution in [2.24, 2.45) is 0 Å². The number of hydrogen-bond donors (Lipinski definition) is 2. The molecule has 37 heavy (non-hydrogen) atoms. The number of anilines is 2. The SMILES string of the molecule is COc1ccc(C2C(C(=O)c3cc4cc(Cl)ccc4o3)=C(O)C(=O)N2c2ccc(NC(C)=O)cc2)cc1. The van der Waals surface area contributed by atoms with Gasteiger partial charge in [0.05, 0.1) is 18.7 Å². The van der Waals surface area contributed by atoms with Crippen LogP contribution in [0.1, 0.15) is 29.1 Å². The molecule has 0 radical (unpaired) electrons. The van der Waals surface area contributed by atoms with Crippen LogP contribution in [-0.4, -0.2) is 29.8 Å². The van der Waals surface area contributed by atoms with Crippen LogP contribution in [0.3, 0.4) is 0 Å². The summed E-state index contributed by atoms with van der Waals surface area (Å²) >= 11 is 6.07. The van der Waals surface area contributed by atoms with E-state index in [1.165, 1.54) is 25.0 Å². The first-order valence-corrected chi connectivity index (χ1v) is 11.7. The zero-order valence-corrected chi connectivity index (χ0v) is 20.6. The van der Waals surface area contributed by atoms with Crippen LogP contribution in [0.25, 0.3) is 11.0 Å². The number of ether oxygens (including phenoxy) is 1. The summed E-state index contributed by atoms with van der Waals surface area (Å²) in [4.78, 5) is 39.8. The maximum absolute atomic E-state index is 13.7. The van der Waals surface area contributed by atoms with Crippen molar-refractivity contribution >= 4 is 51.5 Å². The van der Waals surface area contributed by atoms with Gasteiger partial charge in [0.1, 0.15) is 11.3 Å². The molecule has 0 aliphatic carbocycles. The van der Waals surface area contributed by atoms with Crippen molar-refractivity contribution in [3.05, 3.63) is 100 Å². The Morgan fingerprint density at radius 2 is 1.73 bits per heavy atom. The highest BCUT2D eigenvalue weighted by molar-refractivity contribution is 6.31. The Morgan fingerprint density at radius 3 is 2.38 bits per heavy atom. The smallest absolute Gasteiger partial charge is 0.294 e. The fourth-order valence-corrected chi connectivity index (χ4v) is 4.55. The van der Waals surface area contributed by atoms with Crippen molar-refractivity contribution in [2.75, 3.05) is 17.3 Å². The van der Waals surface area contributed by atoms with E-state index in [1.54, 1.807) is 66.7 Å². The molecular weight excluding hydrogens is 496 g/mol. The van der Waals surface area contributed by atoms with E-state index in [2.05, 4.69) is 5.32 Å². The number of ketones is 1. The number of methoxy groups -OCH3 is 1. The molecule has 8 nitrogen and oxygen atoms in total. The molecule has 186 valence electrons. The van der Waals surface area contributed by atoms with Gasteiger partial charge in [-0.25, -0.2) is 0 Å². The Hall–Kier alpha value is -4.56. The maximum atomic E-state index is 13.7. The van der Waals surface area contributed by atoms with Crippen LogP contribution in [-0.2, 0) is 9.59 Å². The van der Waals surface area contributed by atoms with Gasteiger partial charge in [0.25, 0.3) is 5.91 Å². The normalized spacial score (nSPS) is 15.4. The summed E-state index contributed by atoms with van der Waals surface area (Å²) in [6.45, 7) is 1.39. The first-order valence-electron chi connectivity index (χ1n) is 11.3. The van der Waals surface area contributed by atoms with Gasteiger partial charge >= 0.3 is 0 Å². The summed E-state index contributed by atoms with van der Waals surface area (Å²) in [7, 11) is 1.53. The van der Waals surface area contributed by atoms with Crippen LogP contribution in [0.4, 0.5) is 11.4 Å². The van der Waals surface area contributed by atoms with E-state index in [1.807, 2.05) is 0 Å². The number of aliphatic hydroxyl groups excluding tert-OH is 1. The highest BCUT2D eigenvalue weighted by Gasteiger charge is 2.45. The summed E-state index contributed by atoms with van der Waals surface area (Å²) in [5, 5.41) is 14.7. The lowest BCUT2D eigenvalue weighted by Gasteiger charge is -2.27. The van der Waals surface area contributed by atoms with Gasteiger partial charge in [-0.3, -0.25) is 19.3 Å². The number of furan rings is 1. The van der Waals surface area contributed by atoms with Gasteiger partial charge in [0.2, 0.25) is 11.7 Å². The van der Waals surface area contributed by atoms with Crippen molar-refractivity contribution in [1.82, 2.24) is 0 Å². The summed E-state index contributed by atoms with van der Waals surface area (Å²) in [5.74, 6) is -1.72. The minimum atomic E-state index is -0.950. The van der Waals surface area contributed by atoms with Crippen molar-refractivity contribution in [1.29, 1.82) is 0 Å². The first kappa shape index (κ1) is 24.1. The van der Waals surface area contributed by atoms with E-state index in [4.69, 9.17) is 20.8 Å². The van der Waals surface area contributed by atoms with Gasteiger partial charge in [-0.1, -0.05) is 23.7 Å². The predicted molar refractivity (Wildman–Crippen MR) is 139 cm³/mol. The molecule has 1 aliphatic heterocycles. The molecule has 2 amide bonds. The van der Waals surface area contributed by atoms with Gasteiger partial charge < -0.3 is 19.6 Å². The third kappa shape index (κ3) is 4.43. The van der Waals surface area contributed by atoms with Crippen molar-refractivity contribution in [3.63, 3.8) is 0 Å². The molecule has 0 saturated carbocycles. The van der Waals surface area contributed by atoms with Crippen LogP contribution in [0.2, 0.25) is 5.02 Å². The number of carbonyl (C=O) groups is 3. The van der Waals surface area contributed by atoms with Crippen LogP contribution in [0.5, 0.6) is 5.75 Å². The van der Waals surface area contributed by atoms with Gasteiger partial charge in [-0.15, -0.1) is 0 Å². The quantitative estimate of drug-likeness (QED) is 0.312. The number of fused-ring (bicyclic) bond motifs is 1. The summed E-state index contributed by atoms with van der Waals surface area (Å²) in [5.41, 5.74) is 1.87. The molecule has 5 rings (SSSR count). The van der Waals surface area contributed by atoms with Crippen molar-refractivity contribution in [2.45, 2.75) is 13.0 Å². The molecule has 0 saturated heterocycles. The van der Waals surface area contributed by atoms with Crippen LogP contribution in [0, 0.1) is 0 Å². The number of nitrogens with one attached hydrogen (secondary N) is 1. The number of rotatable bonds is 6. The monoisotopic (exact) mass is 516 g/mol. The molecule has 0 fully saturated rings. The molecule has 0 spiro atoms. The average Bonchev–Trinajstić information content (AvgIpc) is 3.42. The predicted octanol–water partition coefficient (Wildman–Crippen LogP) is 5.84. The van der Waals surface area contributed by atoms with Crippen molar-refractivity contribution < 1.29 is 28.6 Å². The lowest BCUT2D eigenvalue weighted by Crippen LogP contribution is -2.31. The van der Waals surface area contributed by atoms with Crippen LogP contribution in [0.15, 0.2) is 88.5 Å². The van der Waals surface area contributed by atoms with E-state index >= 15 is 0 Å². The van der Waals surface area contributed by atoms with E-state index in [0.717, 1.165) is 0 Å². The molecule has 0 bridgehead atoms. The number of amides is 2. The topological polar surface area (TPSA) is 109 Å². The number of hydrogen-bond acceptors (Lipinski definition) is 6. The molecule has 9 heteroatoms. The minimum absolute atomic E-state index is 0.0343. The second-order valence-electron chi connectivity index (χ2n) is 8.46. The summed E-state index contributed by atoms with van der Waals surface area (Å²) < 4.78 is 11.0. The van der Waals surface area contributed by atoms with Gasteiger partial charge in [-0.2, -0.15) is 0 Å². The molecule has 1 aliphatic rings. The Labute approximate surface area is 216 Å². The Bertz CT molecular complexity index is 1570. The zero-order valence-electron chi connectivity index (χ0n) is 19.8. The lowest BCUT2D eigenvalue weighted by atomic mass is 9.94. The summed E-state index contributed by atoms with van der Waals surface area (Å²) in [6, 6.07) is 18.9. The molecule has 4 aromatic rings. The second-order valence-corrected chi connectivity index (χ2v) is 8.90. The zero-order chi connectivity index (χ0) is 26.3. The highest BCUT2D eigenvalue weighted by Crippen LogP contribution is 2.43. The Morgan fingerprint density at radius 1 is 1.03 bits per heavy atom. The van der Waals surface area contributed by atoms with Crippen LogP contribution < -0.4 is 15.0 Å². The average molecular weight is 517 g/mol. The number of halogens is 1. The molecule has 1 unspecified atom stereocenters. The summed E-state index contributed by atoms with van der Waals surface area (Å²) in [6.07, 6.45) is 0. The lowest BCUT2D eigenvalue weighted by molar-refractivity contribution is -0.117. The molecular formula is C28H21ClN2O6. The maximum Gasteiger partial charge on any atom is 0.294 e. The highest BCUT2D eigenvalue weighted by atomic mass is 35.5. The molecule has 2 N–H and O–H groups in total. The Balaban J connectivity index is 1.60. The van der Waals surface area contributed by atoms with E-state index in [-0.39, 0.29) is 17.2 Å². The largest absolute Gasteiger partial charge is 0.503 e. The molecule has 1 aromatic heterocycles. The molecule has 2 heterocycles. The van der Waals surface area contributed by atoms with Gasteiger partial charge in [0, 0.05) is 28.7 Å². The number of carbonyl (C=O) groups excluding carboxylic acids is 3. The minimum Gasteiger partial charge on any atom is -0.503 e. The van der Waals surface area contributed by atoms with Gasteiger partial charge in [0.15, 0.2) is 11.5 Å². The van der Waals surface area contributed by atoms with Gasteiger partial charge in [-0.05, 0) is 66.2 Å². The first-order chi connectivity index (χ1) is 17.8. The van der Waals surface area contributed by atoms with Crippen molar-refractivity contribution in [3.8, 4) is 5.75 Å². The fraction of sp³-hybridized carbons (Fsp3) is 0.107. The molecule has 1 atom stereocenters. The van der Waals surface area contributed by atoms with Crippen LogP contribution >= 0.6 is 11.6 Å². The standard InChI is InChI=1S/C28H21ClN2O6/c1-15(32)30-19-6-8-20(9-7-19)31-25(16-3-10-21(36-2)11-4-16)24(27(34)28(31)35)26(33)23-14-17-13-18(29)5-12-22(17)37-23/h3-14,25,34H,1-2H3,(H,30,32).